The minimum absolute atomic E-state index is 0.0184. The Morgan fingerprint density at radius 1 is 1.23 bits per heavy atom. The van der Waals surface area contributed by atoms with E-state index < -0.39 is 4.92 Å². The van der Waals surface area contributed by atoms with Crippen LogP contribution in [-0.4, -0.2) is 63.9 Å². The first kappa shape index (κ1) is 20.1. The fourth-order valence-electron chi connectivity index (χ4n) is 3.53. The zero-order valence-corrected chi connectivity index (χ0v) is 17.1. The molecule has 0 spiro atoms. The summed E-state index contributed by atoms with van der Waals surface area (Å²) in [6.07, 6.45) is 0. The number of halogens is 1. The number of ether oxygens (including phenoxy) is 1. The highest BCUT2D eigenvalue weighted by molar-refractivity contribution is 6.32. The number of amides is 1. The van der Waals surface area contributed by atoms with Crippen LogP contribution in [0.15, 0.2) is 36.4 Å². The molecule has 1 saturated heterocycles. The third-order valence-electron chi connectivity index (χ3n) is 5.16. The Morgan fingerprint density at radius 2 is 2.00 bits per heavy atom. The van der Waals surface area contributed by atoms with E-state index in [2.05, 4.69) is 14.9 Å². The first-order valence-electron chi connectivity index (χ1n) is 9.43. The maximum absolute atomic E-state index is 12.7. The van der Waals surface area contributed by atoms with Gasteiger partial charge in [0.1, 0.15) is 16.6 Å². The predicted octanol–water partition coefficient (Wildman–Crippen LogP) is 3.09. The van der Waals surface area contributed by atoms with Crippen molar-refractivity contribution in [2.45, 2.75) is 6.54 Å². The van der Waals surface area contributed by atoms with Crippen LogP contribution in [0.25, 0.3) is 11.0 Å². The Bertz CT molecular complexity index is 1110. The van der Waals surface area contributed by atoms with Crippen LogP contribution in [-0.2, 0) is 6.54 Å². The van der Waals surface area contributed by atoms with Crippen molar-refractivity contribution < 1.29 is 14.5 Å². The Balaban J connectivity index is 1.38. The Morgan fingerprint density at radius 3 is 2.70 bits per heavy atom. The average Bonchev–Trinajstić information content (AvgIpc) is 3.15. The molecular formula is C20H20ClN5O4. The van der Waals surface area contributed by atoms with Crippen molar-refractivity contribution in [3.05, 3.63) is 62.9 Å². The van der Waals surface area contributed by atoms with Crippen LogP contribution in [0.3, 0.4) is 0 Å². The first-order valence-corrected chi connectivity index (χ1v) is 9.80. The average molecular weight is 430 g/mol. The highest BCUT2D eigenvalue weighted by atomic mass is 35.5. The molecule has 1 N–H and O–H groups in total. The molecule has 2 heterocycles. The quantitative estimate of drug-likeness (QED) is 0.493. The number of nitrogens with zero attached hydrogens (tertiary/aromatic N) is 4. The summed E-state index contributed by atoms with van der Waals surface area (Å²) in [5, 5.41) is 11.1. The summed E-state index contributed by atoms with van der Waals surface area (Å²) in [5.41, 5.74) is 1.81. The number of hydrogen-bond acceptors (Lipinski definition) is 6. The molecule has 1 aliphatic rings. The summed E-state index contributed by atoms with van der Waals surface area (Å²) in [6, 6.07) is 9.84. The fraction of sp³-hybridized carbons (Fsp3) is 0.300. The van der Waals surface area contributed by atoms with E-state index in [1.165, 1.54) is 18.2 Å². The number of piperazine rings is 1. The Labute approximate surface area is 177 Å². The van der Waals surface area contributed by atoms with E-state index in [1.54, 1.807) is 12.0 Å². The van der Waals surface area contributed by atoms with Crippen molar-refractivity contribution in [3.63, 3.8) is 0 Å². The van der Waals surface area contributed by atoms with Crippen LogP contribution in [0, 0.1) is 10.1 Å². The van der Waals surface area contributed by atoms with E-state index in [4.69, 9.17) is 16.3 Å². The molecule has 1 amide bonds. The van der Waals surface area contributed by atoms with Crippen molar-refractivity contribution in [3.8, 4) is 5.75 Å². The molecule has 3 aromatic rings. The van der Waals surface area contributed by atoms with Gasteiger partial charge in [-0.1, -0.05) is 11.6 Å². The van der Waals surface area contributed by atoms with Gasteiger partial charge in [-0.05, 0) is 24.3 Å². The van der Waals surface area contributed by atoms with E-state index in [1.807, 2.05) is 18.2 Å². The smallest absolute Gasteiger partial charge is 0.288 e. The molecule has 0 radical (unpaired) electrons. The highest BCUT2D eigenvalue weighted by Crippen LogP contribution is 2.26. The van der Waals surface area contributed by atoms with E-state index in [0.717, 1.165) is 22.6 Å². The Kier molecular flexibility index (Phi) is 5.56. The van der Waals surface area contributed by atoms with Gasteiger partial charge in [-0.2, -0.15) is 0 Å². The molecule has 9 nitrogen and oxygen atoms in total. The van der Waals surface area contributed by atoms with E-state index >= 15 is 0 Å². The topological polar surface area (TPSA) is 105 Å². The number of rotatable bonds is 5. The highest BCUT2D eigenvalue weighted by Gasteiger charge is 2.25. The van der Waals surface area contributed by atoms with Gasteiger partial charge in [0.15, 0.2) is 0 Å². The zero-order valence-electron chi connectivity index (χ0n) is 16.3. The minimum Gasteiger partial charge on any atom is -0.497 e. The lowest BCUT2D eigenvalue weighted by molar-refractivity contribution is -0.384. The number of hydrogen-bond donors (Lipinski definition) is 1. The lowest BCUT2D eigenvalue weighted by atomic mass is 10.1. The third-order valence-corrected chi connectivity index (χ3v) is 5.48. The van der Waals surface area contributed by atoms with Gasteiger partial charge in [-0.15, -0.1) is 0 Å². The van der Waals surface area contributed by atoms with Crippen molar-refractivity contribution in [2.75, 3.05) is 33.3 Å². The van der Waals surface area contributed by atoms with Gasteiger partial charge in [0.2, 0.25) is 0 Å². The van der Waals surface area contributed by atoms with Crippen LogP contribution >= 0.6 is 11.6 Å². The summed E-state index contributed by atoms with van der Waals surface area (Å²) >= 11 is 5.83. The monoisotopic (exact) mass is 429 g/mol. The lowest BCUT2D eigenvalue weighted by Crippen LogP contribution is -2.48. The molecule has 0 unspecified atom stereocenters. The van der Waals surface area contributed by atoms with Crippen LogP contribution in [0.5, 0.6) is 5.75 Å². The molecular weight excluding hydrogens is 410 g/mol. The molecule has 156 valence electrons. The molecule has 30 heavy (non-hydrogen) atoms. The summed E-state index contributed by atoms with van der Waals surface area (Å²) in [7, 11) is 1.63. The van der Waals surface area contributed by atoms with E-state index in [9.17, 15) is 14.9 Å². The number of fused-ring (bicyclic) bond motifs is 1. The molecule has 0 aliphatic carbocycles. The number of H-pyrrole nitrogens is 1. The van der Waals surface area contributed by atoms with Gasteiger partial charge in [0.25, 0.3) is 11.6 Å². The van der Waals surface area contributed by atoms with Crippen molar-refractivity contribution in [1.29, 1.82) is 0 Å². The van der Waals surface area contributed by atoms with Crippen molar-refractivity contribution >= 4 is 34.2 Å². The molecule has 1 aliphatic heterocycles. The first-order chi connectivity index (χ1) is 14.4. The summed E-state index contributed by atoms with van der Waals surface area (Å²) in [5.74, 6) is 1.39. The zero-order chi connectivity index (χ0) is 21.3. The van der Waals surface area contributed by atoms with E-state index in [-0.39, 0.29) is 22.2 Å². The molecule has 4 rings (SSSR count). The lowest BCUT2D eigenvalue weighted by Gasteiger charge is -2.34. The summed E-state index contributed by atoms with van der Waals surface area (Å²) < 4.78 is 5.24. The number of nitrogens with one attached hydrogen (secondary N) is 1. The summed E-state index contributed by atoms with van der Waals surface area (Å²) in [4.78, 5) is 35.1. The molecule has 1 fully saturated rings. The van der Waals surface area contributed by atoms with Crippen LogP contribution in [0.2, 0.25) is 5.02 Å². The maximum atomic E-state index is 12.7. The van der Waals surface area contributed by atoms with Crippen molar-refractivity contribution in [1.82, 2.24) is 19.8 Å². The number of methoxy groups -OCH3 is 1. The number of aromatic nitrogens is 2. The fourth-order valence-corrected chi connectivity index (χ4v) is 3.72. The van der Waals surface area contributed by atoms with Gasteiger partial charge < -0.3 is 14.6 Å². The van der Waals surface area contributed by atoms with Gasteiger partial charge in [0.05, 0.1) is 29.6 Å². The number of nitro groups is 1. The van der Waals surface area contributed by atoms with Gasteiger partial charge in [-0.25, -0.2) is 4.98 Å². The van der Waals surface area contributed by atoms with Gasteiger partial charge in [0, 0.05) is 43.9 Å². The minimum atomic E-state index is -0.583. The molecule has 0 bridgehead atoms. The second-order valence-corrected chi connectivity index (χ2v) is 7.47. The second-order valence-electron chi connectivity index (χ2n) is 7.06. The Hall–Kier alpha value is -3.17. The summed E-state index contributed by atoms with van der Waals surface area (Å²) in [6.45, 7) is 3.07. The van der Waals surface area contributed by atoms with Crippen LogP contribution in [0.4, 0.5) is 5.69 Å². The number of aromatic amines is 1. The molecule has 0 saturated carbocycles. The molecule has 0 atom stereocenters. The maximum Gasteiger partial charge on any atom is 0.288 e. The van der Waals surface area contributed by atoms with Gasteiger partial charge in [-0.3, -0.25) is 19.8 Å². The molecule has 2 aromatic carbocycles. The number of benzene rings is 2. The number of carbonyl (C=O) groups excluding carboxylic acids is 1. The molecule has 10 heteroatoms. The van der Waals surface area contributed by atoms with Crippen molar-refractivity contribution in [2.24, 2.45) is 0 Å². The number of nitro benzene ring substituents is 1. The van der Waals surface area contributed by atoms with Crippen LogP contribution < -0.4 is 4.74 Å². The number of imidazole rings is 1. The molecule has 1 aromatic heterocycles. The van der Waals surface area contributed by atoms with Gasteiger partial charge >= 0.3 is 0 Å². The second kappa shape index (κ2) is 8.29. The SMILES string of the molecule is COc1ccc2nc(CN3CCN(C(=O)c4ccc(Cl)c([N+](=O)[O-])c4)CC3)[nH]c2c1. The van der Waals surface area contributed by atoms with Crippen LogP contribution in [0.1, 0.15) is 16.2 Å². The predicted molar refractivity (Wildman–Crippen MR) is 112 cm³/mol. The van der Waals surface area contributed by atoms with E-state index in [0.29, 0.717) is 32.7 Å². The normalized spacial score (nSPS) is 14.8. The third kappa shape index (κ3) is 4.07. The standard InChI is InChI=1S/C20H20ClN5O4/c1-30-14-3-5-16-17(11-14)23-19(22-16)12-24-6-8-25(9-7-24)20(27)13-2-4-15(21)18(10-13)26(28)29/h2-5,10-11H,6-9,12H2,1H3,(H,22,23). The number of carbonyl (C=O) groups is 1. The largest absolute Gasteiger partial charge is 0.497 e.